The summed E-state index contributed by atoms with van der Waals surface area (Å²) in [5.41, 5.74) is 2.78. The number of benzene rings is 2. The third kappa shape index (κ3) is 3.84. The van der Waals surface area contributed by atoms with Gasteiger partial charge in [0.1, 0.15) is 0 Å². The van der Waals surface area contributed by atoms with Gasteiger partial charge >= 0.3 is 0 Å². The summed E-state index contributed by atoms with van der Waals surface area (Å²) >= 11 is 1.93. The van der Waals surface area contributed by atoms with Gasteiger partial charge in [-0.2, -0.15) is 0 Å². The lowest BCUT2D eigenvalue weighted by molar-refractivity contribution is 0.129. The Hall–Kier alpha value is -1.94. The van der Waals surface area contributed by atoms with Crippen molar-refractivity contribution in [3.63, 3.8) is 0 Å². The van der Waals surface area contributed by atoms with Crippen LogP contribution < -0.4 is 0 Å². The zero-order valence-corrected chi connectivity index (χ0v) is 15.5. The molecule has 128 valence electrons. The third-order valence-corrected chi connectivity index (χ3v) is 5.88. The van der Waals surface area contributed by atoms with Crippen LogP contribution in [0.25, 0.3) is 0 Å². The maximum Gasteiger partial charge on any atom is 0.0987 e. The molecule has 2 nitrogen and oxygen atoms in total. The first-order chi connectivity index (χ1) is 12.3. The highest BCUT2D eigenvalue weighted by Gasteiger charge is 2.33. The fourth-order valence-electron chi connectivity index (χ4n) is 3.65. The Bertz CT molecular complexity index is 748. The monoisotopic (exact) mass is 348 g/mol. The Balaban J connectivity index is 1.58. The van der Waals surface area contributed by atoms with Crippen LogP contribution in [0.15, 0.2) is 72.8 Å². The number of aryl methyl sites for hydroxylation is 1. The minimum Gasteiger partial charge on any atom is -0.278 e. The lowest BCUT2D eigenvalue weighted by Gasteiger charge is -2.29. The highest BCUT2D eigenvalue weighted by Crippen LogP contribution is 2.36. The Morgan fingerprint density at radius 2 is 1.28 bits per heavy atom. The number of rotatable bonds is 5. The van der Waals surface area contributed by atoms with Crippen molar-refractivity contribution >= 4 is 11.3 Å². The summed E-state index contributed by atoms with van der Waals surface area (Å²) in [4.78, 5) is 8.08. The number of hydrogen-bond donors (Lipinski definition) is 0. The van der Waals surface area contributed by atoms with Gasteiger partial charge in [-0.3, -0.25) is 9.80 Å². The van der Waals surface area contributed by atoms with Crippen LogP contribution in [0.4, 0.5) is 0 Å². The molecule has 0 saturated carbocycles. The lowest BCUT2D eigenvalue weighted by atomic mass is 10.2. The van der Waals surface area contributed by atoms with E-state index in [1.54, 1.807) is 0 Å². The van der Waals surface area contributed by atoms with Gasteiger partial charge in [-0.05, 0) is 30.2 Å². The summed E-state index contributed by atoms with van der Waals surface area (Å²) in [5, 5.41) is 0. The summed E-state index contributed by atoms with van der Waals surface area (Å²) in [5.74, 6) is 0. The normalized spacial score (nSPS) is 16.5. The van der Waals surface area contributed by atoms with E-state index in [1.807, 2.05) is 11.3 Å². The molecule has 0 spiro atoms. The first kappa shape index (κ1) is 16.5. The van der Waals surface area contributed by atoms with Gasteiger partial charge in [-0.1, -0.05) is 60.7 Å². The maximum absolute atomic E-state index is 2.61. The van der Waals surface area contributed by atoms with Gasteiger partial charge in [-0.25, -0.2) is 0 Å². The lowest BCUT2D eigenvalue weighted by Crippen LogP contribution is -2.29. The van der Waals surface area contributed by atoms with Crippen molar-refractivity contribution in [3.05, 3.63) is 93.7 Å². The predicted molar refractivity (Wildman–Crippen MR) is 106 cm³/mol. The molecule has 0 unspecified atom stereocenters. The fourth-order valence-corrected chi connectivity index (χ4v) is 4.70. The van der Waals surface area contributed by atoms with E-state index in [0.717, 1.165) is 26.2 Å². The fraction of sp³-hybridized carbons (Fsp3) is 0.273. The number of thiophene rings is 1. The molecular weight excluding hydrogens is 324 g/mol. The van der Waals surface area contributed by atoms with Crippen molar-refractivity contribution in [1.29, 1.82) is 0 Å². The summed E-state index contributed by atoms with van der Waals surface area (Å²) in [6.45, 7) is 6.44. The molecule has 1 fully saturated rings. The van der Waals surface area contributed by atoms with Gasteiger partial charge in [0.2, 0.25) is 0 Å². The van der Waals surface area contributed by atoms with E-state index in [2.05, 4.69) is 89.5 Å². The smallest absolute Gasteiger partial charge is 0.0987 e. The van der Waals surface area contributed by atoms with Crippen LogP contribution in [0.5, 0.6) is 0 Å². The van der Waals surface area contributed by atoms with Crippen LogP contribution in [0.2, 0.25) is 0 Å². The second kappa shape index (κ2) is 7.52. The first-order valence-electron chi connectivity index (χ1n) is 8.92. The summed E-state index contributed by atoms with van der Waals surface area (Å²) < 4.78 is 0. The molecule has 0 bridgehead atoms. The second-order valence-corrected chi connectivity index (χ2v) is 8.05. The van der Waals surface area contributed by atoms with E-state index in [4.69, 9.17) is 0 Å². The van der Waals surface area contributed by atoms with E-state index in [-0.39, 0.29) is 0 Å². The van der Waals surface area contributed by atoms with E-state index in [9.17, 15) is 0 Å². The third-order valence-electron chi connectivity index (χ3n) is 4.84. The zero-order valence-electron chi connectivity index (χ0n) is 14.6. The van der Waals surface area contributed by atoms with E-state index in [1.165, 1.54) is 20.9 Å². The minimum atomic E-state index is 0.374. The molecule has 2 aromatic carbocycles. The SMILES string of the molecule is Cc1ccc(C2N(Cc3ccccc3)CCN2Cc2ccccc2)s1. The van der Waals surface area contributed by atoms with Crippen LogP contribution in [-0.4, -0.2) is 22.9 Å². The van der Waals surface area contributed by atoms with E-state index in [0.29, 0.717) is 6.17 Å². The average Bonchev–Trinajstić information content (AvgIpc) is 3.23. The first-order valence-corrected chi connectivity index (χ1v) is 9.73. The largest absolute Gasteiger partial charge is 0.278 e. The highest BCUT2D eigenvalue weighted by molar-refractivity contribution is 7.12. The molecule has 0 atom stereocenters. The Labute approximate surface area is 154 Å². The minimum absolute atomic E-state index is 0.374. The summed E-state index contributed by atoms with van der Waals surface area (Å²) in [7, 11) is 0. The van der Waals surface area contributed by atoms with Gasteiger partial charge in [0.15, 0.2) is 0 Å². The molecule has 0 radical (unpaired) electrons. The van der Waals surface area contributed by atoms with Crippen molar-refractivity contribution in [2.24, 2.45) is 0 Å². The summed E-state index contributed by atoms with van der Waals surface area (Å²) in [6, 6.07) is 26.2. The predicted octanol–water partition coefficient (Wildman–Crippen LogP) is 5.07. The van der Waals surface area contributed by atoms with Crippen LogP contribution in [0.3, 0.4) is 0 Å². The van der Waals surface area contributed by atoms with Gasteiger partial charge < -0.3 is 0 Å². The van der Waals surface area contributed by atoms with Gasteiger partial charge in [0, 0.05) is 35.9 Å². The van der Waals surface area contributed by atoms with Crippen molar-refractivity contribution in [3.8, 4) is 0 Å². The van der Waals surface area contributed by atoms with E-state index >= 15 is 0 Å². The van der Waals surface area contributed by atoms with Crippen LogP contribution in [0.1, 0.15) is 27.0 Å². The van der Waals surface area contributed by atoms with Crippen molar-refractivity contribution in [1.82, 2.24) is 9.80 Å². The second-order valence-electron chi connectivity index (χ2n) is 6.73. The quantitative estimate of drug-likeness (QED) is 0.635. The van der Waals surface area contributed by atoms with Crippen molar-refractivity contribution in [2.75, 3.05) is 13.1 Å². The molecule has 0 aliphatic carbocycles. The Morgan fingerprint density at radius 3 is 1.72 bits per heavy atom. The van der Waals surface area contributed by atoms with Crippen molar-refractivity contribution < 1.29 is 0 Å². The molecule has 1 aliphatic rings. The molecule has 0 amide bonds. The summed E-state index contributed by atoms with van der Waals surface area (Å²) in [6.07, 6.45) is 0.374. The molecule has 1 aromatic heterocycles. The van der Waals surface area contributed by atoms with Crippen LogP contribution >= 0.6 is 11.3 Å². The molecule has 2 heterocycles. The van der Waals surface area contributed by atoms with Gasteiger partial charge in [-0.15, -0.1) is 11.3 Å². The standard InChI is InChI=1S/C22H24N2S/c1-18-12-13-21(25-18)22-23(16-19-8-4-2-5-9-19)14-15-24(22)17-20-10-6-3-7-11-20/h2-13,22H,14-17H2,1H3. The van der Waals surface area contributed by atoms with Crippen LogP contribution in [0, 0.1) is 6.92 Å². The molecule has 3 heteroatoms. The Morgan fingerprint density at radius 1 is 0.760 bits per heavy atom. The van der Waals surface area contributed by atoms with Crippen molar-refractivity contribution in [2.45, 2.75) is 26.2 Å². The molecular formula is C22H24N2S. The zero-order chi connectivity index (χ0) is 17.1. The molecule has 1 saturated heterocycles. The topological polar surface area (TPSA) is 6.48 Å². The van der Waals surface area contributed by atoms with Crippen LogP contribution in [-0.2, 0) is 13.1 Å². The molecule has 0 N–H and O–H groups in total. The van der Waals surface area contributed by atoms with Gasteiger partial charge in [0.05, 0.1) is 6.17 Å². The number of hydrogen-bond acceptors (Lipinski definition) is 3. The Kier molecular flexibility index (Phi) is 4.97. The van der Waals surface area contributed by atoms with Gasteiger partial charge in [0.25, 0.3) is 0 Å². The number of nitrogens with zero attached hydrogens (tertiary/aromatic N) is 2. The molecule has 4 rings (SSSR count). The maximum atomic E-state index is 2.61. The molecule has 3 aromatic rings. The highest BCUT2D eigenvalue weighted by atomic mass is 32.1. The molecule has 1 aliphatic heterocycles. The molecule has 25 heavy (non-hydrogen) atoms. The van der Waals surface area contributed by atoms with E-state index < -0.39 is 0 Å². The average molecular weight is 349 g/mol.